The van der Waals surface area contributed by atoms with Gasteiger partial charge < -0.3 is 4.74 Å². The Morgan fingerprint density at radius 2 is 1.84 bits per heavy atom. The van der Waals surface area contributed by atoms with E-state index >= 15 is 0 Å². The van der Waals surface area contributed by atoms with Crippen molar-refractivity contribution in [2.24, 2.45) is 0 Å². The van der Waals surface area contributed by atoms with Crippen LogP contribution in [-0.2, 0) is 11.4 Å². The number of carbonyl (C=O) groups is 2. The largest absolute Gasteiger partial charge is 0.488 e. The molecule has 0 radical (unpaired) electrons. The number of ether oxygens (including phenoxy) is 1. The molecule has 0 unspecified atom stereocenters. The first-order valence-corrected chi connectivity index (χ1v) is 12.2. The van der Waals surface area contributed by atoms with E-state index in [4.69, 9.17) is 16.3 Å². The SMILES string of the molecule is O=C1S/C(=C/c2ccc(OCc3ccc(I)cc3)c(Br)c2)C(=O)N1c1cccc(Cl)c1. The van der Waals surface area contributed by atoms with E-state index in [0.29, 0.717) is 28.0 Å². The third-order valence-corrected chi connectivity index (χ3v) is 6.86. The Labute approximate surface area is 210 Å². The average molecular weight is 627 g/mol. The van der Waals surface area contributed by atoms with Crippen molar-refractivity contribution in [2.75, 3.05) is 4.90 Å². The van der Waals surface area contributed by atoms with Gasteiger partial charge in [-0.3, -0.25) is 9.59 Å². The molecule has 0 atom stereocenters. The lowest BCUT2D eigenvalue weighted by Gasteiger charge is -2.12. The summed E-state index contributed by atoms with van der Waals surface area (Å²) in [6.45, 7) is 0.452. The van der Waals surface area contributed by atoms with E-state index in [1.807, 2.05) is 42.5 Å². The molecule has 0 aliphatic carbocycles. The Hall–Kier alpha value is -1.81. The van der Waals surface area contributed by atoms with Gasteiger partial charge in [-0.2, -0.15) is 0 Å². The van der Waals surface area contributed by atoms with Crippen molar-refractivity contribution < 1.29 is 14.3 Å². The molecule has 1 aliphatic rings. The highest BCUT2D eigenvalue weighted by Gasteiger charge is 2.36. The topological polar surface area (TPSA) is 46.6 Å². The Morgan fingerprint density at radius 3 is 2.55 bits per heavy atom. The standard InChI is InChI=1S/C23H14BrClINO3S/c24-19-10-15(6-9-20(19)30-13-14-4-7-17(26)8-5-14)11-21-22(28)27(23(29)31-21)18-3-1-2-16(25)12-18/h1-12H,13H2/b21-11+. The fourth-order valence-electron chi connectivity index (χ4n) is 2.92. The molecule has 2 amide bonds. The van der Waals surface area contributed by atoms with Crippen LogP contribution >= 0.6 is 61.9 Å². The molecule has 1 aliphatic heterocycles. The summed E-state index contributed by atoms with van der Waals surface area (Å²) in [6.07, 6.45) is 1.70. The summed E-state index contributed by atoms with van der Waals surface area (Å²) in [7, 11) is 0. The van der Waals surface area contributed by atoms with E-state index in [9.17, 15) is 9.59 Å². The maximum absolute atomic E-state index is 12.8. The molecule has 8 heteroatoms. The van der Waals surface area contributed by atoms with Crippen LogP contribution in [-0.4, -0.2) is 11.1 Å². The van der Waals surface area contributed by atoms with Crippen LogP contribution in [0, 0.1) is 3.57 Å². The molecule has 3 aromatic carbocycles. The Kier molecular flexibility index (Phi) is 7.05. The molecular weight excluding hydrogens is 613 g/mol. The zero-order valence-electron chi connectivity index (χ0n) is 15.8. The van der Waals surface area contributed by atoms with Crippen LogP contribution in [0.4, 0.5) is 10.5 Å². The Bertz CT molecular complexity index is 1200. The summed E-state index contributed by atoms with van der Waals surface area (Å²) in [6, 6.07) is 20.3. The number of hydrogen-bond acceptors (Lipinski definition) is 4. The highest BCUT2D eigenvalue weighted by Crippen LogP contribution is 2.37. The zero-order valence-corrected chi connectivity index (χ0v) is 21.2. The minimum absolute atomic E-state index is 0.351. The van der Waals surface area contributed by atoms with E-state index in [2.05, 4.69) is 38.5 Å². The van der Waals surface area contributed by atoms with E-state index in [1.165, 1.54) is 3.57 Å². The van der Waals surface area contributed by atoms with Gasteiger partial charge in [0.05, 0.1) is 15.1 Å². The fraction of sp³-hybridized carbons (Fsp3) is 0.0435. The smallest absolute Gasteiger partial charge is 0.298 e. The zero-order chi connectivity index (χ0) is 22.0. The lowest BCUT2D eigenvalue weighted by Crippen LogP contribution is -2.27. The molecule has 4 rings (SSSR count). The first-order chi connectivity index (χ1) is 14.9. The molecule has 1 heterocycles. The number of carbonyl (C=O) groups excluding carboxylic acids is 2. The van der Waals surface area contributed by atoms with E-state index in [-0.39, 0.29) is 11.1 Å². The van der Waals surface area contributed by atoms with Crippen molar-refractivity contribution in [3.05, 3.63) is 95.8 Å². The summed E-state index contributed by atoms with van der Waals surface area (Å²) in [5.74, 6) is 0.329. The summed E-state index contributed by atoms with van der Waals surface area (Å²) in [5, 5.41) is 0.111. The highest BCUT2D eigenvalue weighted by molar-refractivity contribution is 14.1. The van der Waals surface area contributed by atoms with Crippen molar-refractivity contribution in [2.45, 2.75) is 6.61 Å². The third kappa shape index (κ3) is 5.34. The number of imide groups is 1. The van der Waals surface area contributed by atoms with Crippen molar-refractivity contribution >= 4 is 84.8 Å². The van der Waals surface area contributed by atoms with Gasteiger partial charge in [-0.15, -0.1) is 0 Å². The van der Waals surface area contributed by atoms with E-state index in [1.54, 1.807) is 30.3 Å². The summed E-state index contributed by atoms with van der Waals surface area (Å²) < 4.78 is 7.83. The van der Waals surface area contributed by atoms with Crippen molar-refractivity contribution in [1.29, 1.82) is 0 Å². The molecule has 0 aromatic heterocycles. The molecule has 1 saturated heterocycles. The highest BCUT2D eigenvalue weighted by atomic mass is 127. The molecule has 0 spiro atoms. The number of rotatable bonds is 5. The van der Waals surface area contributed by atoms with Gasteiger partial charge in [-0.05, 0) is 110 Å². The number of hydrogen-bond donors (Lipinski definition) is 0. The molecule has 4 nitrogen and oxygen atoms in total. The monoisotopic (exact) mass is 625 g/mol. The summed E-state index contributed by atoms with van der Waals surface area (Å²) in [4.78, 5) is 26.7. The van der Waals surface area contributed by atoms with Crippen LogP contribution in [0.1, 0.15) is 11.1 Å². The van der Waals surface area contributed by atoms with Gasteiger partial charge in [-0.25, -0.2) is 4.90 Å². The minimum Gasteiger partial charge on any atom is -0.488 e. The van der Waals surface area contributed by atoms with Crippen LogP contribution in [0.2, 0.25) is 5.02 Å². The van der Waals surface area contributed by atoms with Crippen LogP contribution in [0.15, 0.2) is 76.1 Å². The van der Waals surface area contributed by atoms with Gasteiger partial charge in [0, 0.05) is 8.59 Å². The van der Waals surface area contributed by atoms with Gasteiger partial charge in [-0.1, -0.05) is 35.9 Å². The van der Waals surface area contributed by atoms with Gasteiger partial charge in [0.25, 0.3) is 11.1 Å². The summed E-state index contributed by atoms with van der Waals surface area (Å²) >= 11 is 12.7. The van der Waals surface area contributed by atoms with Crippen molar-refractivity contribution in [3.63, 3.8) is 0 Å². The second-order valence-electron chi connectivity index (χ2n) is 6.60. The predicted molar refractivity (Wildman–Crippen MR) is 138 cm³/mol. The second-order valence-corrected chi connectivity index (χ2v) is 10.1. The van der Waals surface area contributed by atoms with Crippen LogP contribution in [0.3, 0.4) is 0 Å². The first kappa shape index (κ1) is 22.4. The van der Waals surface area contributed by atoms with Gasteiger partial charge in [0.15, 0.2) is 0 Å². The Morgan fingerprint density at radius 1 is 1.06 bits per heavy atom. The lowest BCUT2D eigenvalue weighted by atomic mass is 10.2. The second kappa shape index (κ2) is 9.77. The van der Waals surface area contributed by atoms with Gasteiger partial charge in [0.1, 0.15) is 12.4 Å². The van der Waals surface area contributed by atoms with Crippen LogP contribution in [0.25, 0.3) is 6.08 Å². The predicted octanol–water partition coefficient (Wildman–Crippen LogP) is 7.53. The maximum Gasteiger partial charge on any atom is 0.298 e. The molecule has 31 heavy (non-hydrogen) atoms. The molecule has 0 bridgehead atoms. The maximum atomic E-state index is 12.8. The van der Waals surface area contributed by atoms with E-state index < -0.39 is 0 Å². The summed E-state index contributed by atoms with van der Waals surface area (Å²) in [5.41, 5.74) is 2.31. The number of benzene rings is 3. The molecule has 0 saturated carbocycles. The molecule has 3 aromatic rings. The quantitative estimate of drug-likeness (QED) is 0.217. The van der Waals surface area contributed by atoms with Gasteiger partial charge >= 0.3 is 0 Å². The van der Waals surface area contributed by atoms with Crippen LogP contribution < -0.4 is 9.64 Å². The van der Waals surface area contributed by atoms with Crippen LogP contribution in [0.5, 0.6) is 5.75 Å². The number of nitrogens with zero attached hydrogens (tertiary/aromatic N) is 1. The molecule has 0 N–H and O–H groups in total. The normalized spacial score (nSPS) is 15.1. The average Bonchev–Trinajstić information content (AvgIpc) is 3.01. The number of thioether (sulfide) groups is 1. The number of halogens is 3. The Balaban J connectivity index is 1.49. The molecular formula is C23H14BrClINO3S. The van der Waals surface area contributed by atoms with Crippen molar-refractivity contribution in [1.82, 2.24) is 0 Å². The molecule has 1 fully saturated rings. The number of amides is 2. The molecule has 156 valence electrons. The van der Waals surface area contributed by atoms with Gasteiger partial charge in [0.2, 0.25) is 0 Å². The van der Waals surface area contributed by atoms with E-state index in [0.717, 1.165) is 32.3 Å². The minimum atomic E-state index is -0.368. The fourth-order valence-corrected chi connectivity index (χ4v) is 4.82. The number of anilines is 1. The third-order valence-electron chi connectivity index (χ3n) is 4.42. The van der Waals surface area contributed by atoms with Crippen molar-refractivity contribution in [3.8, 4) is 5.75 Å². The first-order valence-electron chi connectivity index (χ1n) is 9.11. The lowest BCUT2D eigenvalue weighted by molar-refractivity contribution is -0.113.